The average Bonchev–Trinajstić information content (AvgIpc) is 3.63. The summed E-state index contributed by atoms with van der Waals surface area (Å²) in [7, 11) is 0. The predicted molar refractivity (Wildman–Crippen MR) is 169 cm³/mol. The van der Waals surface area contributed by atoms with Crippen LogP contribution in [0.15, 0.2) is 42.2 Å². The molecular formula is C34H33N4O5-. The monoisotopic (exact) mass is 577 g/mol. The second kappa shape index (κ2) is 11.2. The molecule has 1 aliphatic heterocycles. The molecule has 0 atom stereocenters. The van der Waals surface area contributed by atoms with Crippen molar-refractivity contribution in [3.63, 3.8) is 0 Å². The summed E-state index contributed by atoms with van der Waals surface area (Å²) in [5.74, 6) is -2.07. The van der Waals surface area contributed by atoms with Crippen LogP contribution in [0.25, 0.3) is 50.3 Å². The largest absolute Gasteiger partial charge is 0.550 e. The van der Waals surface area contributed by atoms with E-state index in [0.29, 0.717) is 33.3 Å². The fourth-order valence-electron chi connectivity index (χ4n) is 5.92. The number of allylic oxidation sites excluding steroid dienone is 3. The molecule has 0 spiro atoms. The standard InChI is InChI=1S/C34H34N4O5/c1-7-20-19(6)32-34(43)33-21(8-2)16(3)26(37-33)13-24-17(4)22(9-11-30(39)40)28(35-24)15-29-23(10-12-31(41)42)18(5)25(36-29)14-27(20)38-32/h7-8,13-15,35-36,38H,1-2,9-12H2,3-6H3,(H,39,40)(H,41,42)/p-1. The van der Waals surface area contributed by atoms with Crippen LogP contribution in [0.5, 0.6) is 0 Å². The molecule has 0 aliphatic carbocycles. The number of rotatable bonds is 8. The van der Waals surface area contributed by atoms with Crippen molar-refractivity contribution in [2.24, 2.45) is 0 Å². The fourth-order valence-corrected chi connectivity index (χ4v) is 5.92. The van der Waals surface area contributed by atoms with Crippen LogP contribution in [0.1, 0.15) is 64.5 Å². The van der Waals surface area contributed by atoms with Gasteiger partial charge in [-0.15, -0.1) is 0 Å². The first-order chi connectivity index (χ1) is 20.4. The minimum atomic E-state index is -1.16. The van der Waals surface area contributed by atoms with Gasteiger partial charge in [0.25, 0.3) is 0 Å². The zero-order chi connectivity index (χ0) is 31.2. The lowest BCUT2D eigenvalue weighted by atomic mass is 10.0. The number of nitrogens with one attached hydrogen (secondary N) is 3. The first-order valence-corrected chi connectivity index (χ1v) is 14.0. The van der Waals surface area contributed by atoms with Crippen molar-refractivity contribution < 1.29 is 19.8 Å². The van der Waals surface area contributed by atoms with Gasteiger partial charge in [-0.2, -0.15) is 0 Å². The second-order valence-electron chi connectivity index (χ2n) is 10.9. The number of aromatic amines is 3. The summed E-state index contributed by atoms with van der Waals surface area (Å²) >= 11 is 0. The first kappa shape index (κ1) is 29.3. The number of carboxylic acid groups (broad SMARTS) is 2. The Kier molecular flexibility index (Phi) is 7.67. The van der Waals surface area contributed by atoms with Gasteiger partial charge in [0.1, 0.15) is 5.69 Å². The lowest BCUT2D eigenvalue weighted by Gasteiger charge is -2.03. The van der Waals surface area contributed by atoms with E-state index in [1.54, 1.807) is 12.2 Å². The van der Waals surface area contributed by atoms with Crippen LogP contribution in [0.4, 0.5) is 0 Å². The molecule has 43 heavy (non-hydrogen) atoms. The summed E-state index contributed by atoms with van der Waals surface area (Å²) in [5, 5.41) is 20.9. The molecule has 8 bridgehead atoms. The minimum Gasteiger partial charge on any atom is -0.550 e. The fraction of sp³-hybridized carbons (Fsp3) is 0.235. The van der Waals surface area contributed by atoms with Crippen molar-refractivity contribution in [1.82, 2.24) is 19.9 Å². The zero-order valence-corrected chi connectivity index (χ0v) is 24.7. The van der Waals surface area contributed by atoms with Crippen molar-refractivity contribution in [2.45, 2.75) is 53.4 Å². The highest BCUT2D eigenvalue weighted by Crippen LogP contribution is 2.32. The number of carbonyl (C=O) groups excluding carboxylic acids is 1. The molecule has 5 rings (SSSR count). The van der Waals surface area contributed by atoms with Gasteiger partial charge in [0, 0.05) is 51.1 Å². The van der Waals surface area contributed by atoms with E-state index in [4.69, 9.17) is 4.98 Å². The Hall–Kier alpha value is -5.18. The van der Waals surface area contributed by atoms with Gasteiger partial charge < -0.3 is 30.0 Å². The molecule has 4 aromatic rings. The molecule has 0 amide bonds. The summed E-state index contributed by atoms with van der Waals surface area (Å²) in [6.07, 6.45) is 3.62. The van der Waals surface area contributed by atoms with Crippen LogP contribution in [0.2, 0.25) is 0 Å². The maximum absolute atomic E-state index is 14.0. The van der Waals surface area contributed by atoms with Crippen molar-refractivity contribution >= 4 is 62.3 Å². The normalized spacial score (nSPS) is 12.2. The molecule has 1 aliphatic rings. The highest BCUT2D eigenvalue weighted by atomic mass is 16.4. The van der Waals surface area contributed by atoms with E-state index < -0.39 is 11.9 Å². The van der Waals surface area contributed by atoms with E-state index in [9.17, 15) is 24.6 Å². The molecule has 4 aromatic heterocycles. The van der Waals surface area contributed by atoms with Gasteiger partial charge in [0.15, 0.2) is 0 Å². The third kappa shape index (κ3) is 5.18. The van der Waals surface area contributed by atoms with E-state index in [0.717, 1.165) is 50.0 Å². The number of H-pyrrole nitrogens is 3. The number of hydrogen-bond donors (Lipinski definition) is 4. The topological polar surface area (TPSA) is 155 Å². The summed E-state index contributed by atoms with van der Waals surface area (Å²) in [6.45, 7) is 15.5. The van der Waals surface area contributed by atoms with Gasteiger partial charge in [-0.1, -0.05) is 25.3 Å². The summed E-state index contributed by atoms with van der Waals surface area (Å²) in [5.41, 5.74) is 10.8. The van der Waals surface area contributed by atoms with E-state index in [1.807, 2.05) is 45.9 Å². The SMILES string of the molecule is C=CC1=C(C)c2cc3[nH]c(cc4[nH]c(cc5[nH]c(c(C)c5C=C)c(=O)c1n2)c(C)c4CCC(=O)O)c(CCC(=O)[O-])c3C. The number of nitrogens with zero attached hydrogens (tertiary/aromatic N) is 1. The van der Waals surface area contributed by atoms with Gasteiger partial charge in [-0.05, 0) is 98.5 Å². The van der Waals surface area contributed by atoms with Gasteiger partial charge in [0.2, 0.25) is 5.43 Å². The van der Waals surface area contributed by atoms with E-state index >= 15 is 0 Å². The van der Waals surface area contributed by atoms with Crippen LogP contribution in [-0.2, 0) is 22.4 Å². The molecule has 0 fully saturated rings. The molecule has 0 radical (unpaired) electrons. The highest BCUT2D eigenvalue weighted by molar-refractivity contribution is 5.97. The molecule has 0 unspecified atom stereocenters. The molecule has 0 aromatic carbocycles. The summed E-state index contributed by atoms with van der Waals surface area (Å²) in [4.78, 5) is 51.8. The molecule has 0 saturated heterocycles. The summed E-state index contributed by atoms with van der Waals surface area (Å²) < 4.78 is 0. The number of fused-ring (bicyclic) bond motifs is 8. The highest BCUT2D eigenvalue weighted by Gasteiger charge is 2.20. The lowest BCUT2D eigenvalue weighted by molar-refractivity contribution is -0.305. The number of aliphatic carboxylic acids is 2. The number of hydrogen-bond acceptors (Lipinski definition) is 5. The Morgan fingerprint density at radius 1 is 0.837 bits per heavy atom. The van der Waals surface area contributed by atoms with Crippen LogP contribution in [-0.4, -0.2) is 37.0 Å². The van der Waals surface area contributed by atoms with Crippen molar-refractivity contribution in [3.8, 4) is 0 Å². The zero-order valence-electron chi connectivity index (χ0n) is 24.7. The third-order valence-electron chi connectivity index (χ3n) is 8.38. The average molecular weight is 578 g/mol. The van der Waals surface area contributed by atoms with Crippen LogP contribution in [0, 0.1) is 20.8 Å². The molecule has 5 heterocycles. The van der Waals surface area contributed by atoms with Gasteiger partial charge in [0.05, 0.1) is 11.2 Å². The van der Waals surface area contributed by atoms with Crippen LogP contribution < -0.4 is 10.5 Å². The molecule has 220 valence electrons. The van der Waals surface area contributed by atoms with E-state index in [2.05, 4.69) is 28.1 Å². The Balaban J connectivity index is 2.02. The minimum absolute atomic E-state index is 0.0624. The quantitative estimate of drug-likeness (QED) is 0.224. The Labute approximate surface area is 247 Å². The molecule has 0 saturated carbocycles. The predicted octanol–water partition coefficient (Wildman–Crippen LogP) is 5.27. The smallest absolute Gasteiger partial charge is 0.303 e. The van der Waals surface area contributed by atoms with E-state index in [-0.39, 0.29) is 36.8 Å². The maximum Gasteiger partial charge on any atom is 0.303 e. The summed E-state index contributed by atoms with van der Waals surface area (Å²) in [6, 6.07) is 5.65. The molecule has 4 N–H and O–H groups in total. The Morgan fingerprint density at radius 3 is 1.98 bits per heavy atom. The molecular weight excluding hydrogens is 544 g/mol. The number of aromatic nitrogens is 4. The number of aryl methyl sites for hydroxylation is 5. The Bertz CT molecular complexity index is 2090. The van der Waals surface area contributed by atoms with Crippen LogP contribution in [0.3, 0.4) is 0 Å². The second-order valence-corrected chi connectivity index (χ2v) is 10.9. The van der Waals surface area contributed by atoms with Gasteiger partial charge in [-0.3, -0.25) is 9.59 Å². The third-order valence-corrected chi connectivity index (χ3v) is 8.38. The first-order valence-electron chi connectivity index (χ1n) is 14.0. The Morgan fingerprint density at radius 2 is 1.42 bits per heavy atom. The van der Waals surface area contributed by atoms with Crippen molar-refractivity contribution in [2.75, 3.05) is 0 Å². The molecule has 9 heteroatoms. The van der Waals surface area contributed by atoms with Gasteiger partial charge in [-0.25, -0.2) is 4.98 Å². The van der Waals surface area contributed by atoms with Gasteiger partial charge >= 0.3 is 5.97 Å². The maximum atomic E-state index is 14.0. The van der Waals surface area contributed by atoms with Crippen molar-refractivity contribution in [1.29, 1.82) is 0 Å². The number of carbonyl (C=O) groups is 2. The molecule has 9 nitrogen and oxygen atoms in total. The van der Waals surface area contributed by atoms with E-state index in [1.165, 1.54) is 0 Å². The van der Waals surface area contributed by atoms with Crippen molar-refractivity contribution in [3.05, 3.63) is 92.4 Å². The number of carboxylic acids is 2. The van der Waals surface area contributed by atoms with Crippen LogP contribution >= 0.6 is 0 Å². The lowest BCUT2D eigenvalue weighted by Crippen LogP contribution is -2.22.